The van der Waals surface area contributed by atoms with Gasteiger partial charge in [-0.2, -0.15) is 8.42 Å². The highest BCUT2D eigenvalue weighted by atomic mass is 32.2. The van der Waals surface area contributed by atoms with Crippen LogP contribution in [-0.4, -0.2) is 19.7 Å². The monoisotopic (exact) mass is 251 g/mol. The number of carbonyl (C=O) groups excluding carboxylic acids is 1. The van der Waals surface area contributed by atoms with E-state index in [2.05, 4.69) is 5.32 Å². The van der Waals surface area contributed by atoms with Crippen molar-refractivity contribution >= 4 is 21.6 Å². The van der Waals surface area contributed by atoms with E-state index in [4.69, 9.17) is 0 Å². The van der Waals surface area contributed by atoms with E-state index in [0.29, 0.717) is 24.1 Å². The van der Waals surface area contributed by atoms with E-state index < -0.39 is 15.8 Å². The van der Waals surface area contributed by atoms with E-state index in [1.54, 1.807) is 0 Å². The Morgan fingerprint density at radius 3 is 2.35 bits per heavy atom. The third kappa shape index (κ3) is 1.86. The number of aryl methyl sites for hydroxylation is 1. The van der Waals surface area contributed by atoms with Crippen molar-refractivity contribution in [3.8, 4) is 0 Å². The smallest absolute Gasteiger partial charge is 0.215 e. The molecule has 1 N–H and O–H groups in total. The summed E-state index contributed by atoms with van der Waals surface area (Å²) in [6.45, 7) is 1.96. The van der Waals surface area contributed by atoms with Crippen molar-refractivity contribution in [1.82, 2.24) is 5.32 Å². The molecule has 90 valence electrons. The lowest BCUT2D eigenvalue weighted by molar-refractivity contribution is -0.110. The molecule has 1 amide bonds. The zero-order chi connectivity index (χ0) is 12.5. The Morgan fingerprint density at radius 1 is 1.29 bits per heavy atom. The number of benzene rings is 1. The van der Waals surface area contributed by atoms with Crippen LogP contribution < -0.4 is 5.32 Å². The van der Waals surface area contributed by atoms with Crippen molar-refractivity contribution < 1.29 is 13.2 Å². The van der Waals surface area contributed by atoms with Gasteiger partial charge in [-0.1, -0.05) is 29.8 Å². The average Bonchev–Trinajstić information content (AvgIpc) is 2.25. The summed E-state index contributed by atoms with van der Waals surface area (Å²) in [4.78, 5) is 11.1. The van der Waals surface area contributed by atoms with Crippen LogP contribution in [0, 0.1) is 6.92 Å². The van der Waals surface area contributed by atoms with Gasteiger partial charge in [-0.3, -0.25) is 4.79 Å². The molecule has 5 heteroatoms. The standard InChI is InChI=1S/C12H13NO3S/c1-9-2-4-10(5-3-9)12(13-8-14)7-6-11(12)17(15)16/h2-5,8H,6-7H2,1H3,(H,13,14). The number of hydrogen-bond donors (Lipinski definition) is 1. The predicted molar refractivity (Wildman–Crippen MR) is 65.2 cm³/mol. The van der Waals surface area contributed by atoms with Crippen LogP contribution in [0.3, 0.4) is 0 Å². The minimum atomic E-state index is -2.25. The van der Waals surface area contributed by atoms with Gasteiger partial charge in [0, 0.05) is 0 Å². The van der Waals surface area contributed by atoms with Crippen molar-refractivity contribution in [3.63, 3.8) is 0 Å². The molecule has 1 atom stereocenters. The number of amides is 1. The highest BCUT2D eigenvalue weighted by molar-refractivity contribution is 7.73. The van der Waals surface area contributed by atoms with Crippen molar-refractivity contribution in [2.45, 2.75) is 25.3 Å². The first-order valence-corrected chi connectivity index (χ1v) is 6.42. The summed E-state index contributed by atoms with van der Waals surface area (Å²) in [6.07, 6.45) is 1.69. The summed E-state index contributed by atoms with van der Waals surface area (Å²) in [7, 11) is -2.25. The molecule has 0 aliphatic heterocycles. The Labute approximate surface area is 101 Å². The van der Waals surface area contributed by atoms with E-state index in [1.807, 2.05) is 31.2 Å². The van der Waals surface area contributed by atoms with Gasteiger partial charge in [0.1, 0.15) is 5.54 Å². The second-order valence-electron chi connectivity index (χ2n) is 4.19. The second-order valence-corrected chi connectivity index (χ2v) is 5.15. The molecular weight excluding hydrogens is 238 g/mol. The van der Waals surface area contributed by atoms with Crippen LogP contribution in [0.1, 0.15) is 24.0 Å². The summed E-state index contributed by atoms with van der Waals surface area (Å²) < 4.78 is 22.2. The number of hydrogen-bond acceptors (Lipinski definition) is 3. The number of nitrogens with one attached hydrogen (secondary N) is 1. The normalized spacial score (nSPS) is 22.8. The average molecular weight is 251 g/mol. The van der Waals surface area contributed by atoms with Crippen LogP contribution in [0.25, 0.3) is 0 Å². The Morgan fingerprint density at radius 2 is 1.94 bits per heavy atom. The lowest BCUT2D eigenvalue weighted by atomic mass is 9.71. The summed E-state index contributed by atoms with van der Waals surface area (Å²) in [6, 6.07) is 7.54. The Kier molecular flexibility index (Phi) is 3.02. The molecule has 0 spiro atoms. The van der Waals surface area contributed by atoms with Crippen LogP contribution in [0.15, 0.2) is 24.3 Å². The van der Waals surface area contributed by atoms with E-state index in [-0.39, 0.29) is 0 Å². The zero-order valence-corrected chi connectivity index (χ0v) is 10.3. The molecule has 0 aromatic heterocycles. The molecule has 17 heavy (non-hydrogen) atoms. The fraction of sp³-hybridized carbons (Fsp3) is 0.333. The number of rotatable bonds is 3. The fourth-order valence-corrected chi connectivity index (χ4v) is 3.01. The topological polar surface area (TPSA) is 63.2 Å². The van der Waals surface area contributed by atoms with Crippen LogP contribution in [-0.2, 0) is 20.6 Å². The molecule has 1 aromatic carbocycles. The Balaban J connectivity index is 2.53. The molecule has 0 radical (unpaired) electrons. The van der Waals surface area contributed by atoms with E-state index in [1.165, 1.54) is 0 Å². The van der Waals surface area contributed by atoms with Crippen molar-refractivity contribution in [2.75, 3.05) is 0 Å². The molecule has 4 nitrogen and oxygen atoms in total. The maximum atomic E-state index is 11.1. The molecule has 0 saturated heterocycles. The highest BCUT2D eigenvalue weighted by Crippen LogP contribution is 2.38. The minimum absolute atomic E-state index is 0.355. The van der Waals surface area contributed by atoms with E-state index >= 15 is 0 Å². The maximum absolute atomic E-state index is 11.1. The summed E-state index contributed by atoms with van der Waals surface area (Å²) in [5.74, 6) is 0. The van der Waals surface area contributed by atoms with Crippen molar-refractivity contribution in [2.24, 2.45) is 0 Å². The van der Waals surface area contributed by atoms with Gasteiger partial charge in [0.25, 0.3) is 0 Å². The lowest BCUT2D eigenvalue weighted by Gasteiger charge is -2.42. The SMILES string of the molecule is Cc1ccc(C2(NC=O)CCC2=S(=O)=O)cc1. The molecule has 0 heterocycles. The molecule has 1 fully saturated rings. The second kappa shape index (κ2) is 4.33. The first-order valence-electron chi connectivity index (χ1n) is 5.34. The maximum Gasteiger partial charge on any atom is 0.215 e. The van der Waals surface area contributed by atoms with Crippen LogP contribution in [0.5, 0.6) is 0 Å². The first kappa shape index (κ1) is 11.9. The Hall–Kier alpha value is -1.62. The molecule has 1 unspecified atom stereocenters. The predicted octanol–water partition coefficient (Wildman–Crippen LogP) is 0.782. The summed E-state index contributed by atoms with van der Waals surface area (Å²) in [5.41, 5.74) is 1.10. The van der Waals surface area contributed by atoms with Gasteiger partial charge in [-0.15, -0.1) is 0 Å². The molecule has 1 aliphatic rings. The quantitative estimate of drug-likeness (QED) is 0.638. The summed E-state index contributed by atoms with van der Waals surface area (Å²) >= 11 is 0. The zero-order valence-electron chi connectivity index (χ0n) is 9.43. The lowest BCUT2D eigenvalue weighted by Crippen LogP contribution is -2.56. The number of carbonyl (C=O) groups is 1. The molecule has 2 rings (SSSR count). The van der Waals surface area contributed by atoms with Crippen LogP contribution in [0.2, 0.25) is 0 Å². The molecule has 1 saturated carbocycles. The minimum Gasteiger partial charge on any atom is -0.344 e. The molecular formula is C12H13NO3S. The van der Waals surface area contributed by atoms with Crippen LogP contribution >= 0.6 is 0 Å². The van der Waals surface area contributed by atoms with Gasteiger partial charge in [0.2, 0.25) is 16.7 Å². The van der Waals surface area contributed by atoms with Gasteiger partial charge >= 0.3 is 0 Å². The fourth-order valence-electron chi connectivity index (χ4n) is 2.18. The summed E-state index contributed by atoms with van der Waals surface area (Å²) in [5, 5.41) is 2.65. The van der Waals surface area contributed by atoms with Gasteiger partial charge in [0.15, 0.2) is 0 Å². The molecule has 1 aromatic rings. The molecule has 1 aliphatic carbocycles. The van der Waals surface area contributed by atoms with Gasteiger partial charge in [-0.05, 0) is 25.3 Å². The highest BCUT2D eigenvalue weighted by Gasteiger charge is 2.46. The van der Waals surface area contributed by atoms with Crippen LogP contribution in [0.4, 0.5) is 0 Å². The van der Waals surface area contributed by atoms with Crippen molar-refractivity contribution in [1.29, 1.82) is 0 Å². The first-order chi connectivity index (χ1) is 8.10. The Bertz CT molecular complexity index is 566. The van der Waals surface area contributed by atoms with Gasteiger partial charge in [0.05, 0.1) is 4.86 Å². The third-order valence-electron chi connectivity index (χ3n) is 3.25. The van der Waals surface area contributed by atoms with Crippen molar-refractivity contribution in [3.05, 3.63) is 35.4 Å². The van der Waals surface area contributed by atoms with E-state index in [9.17, 15) is 13.2 Å². The largest absolute Gasteiger partial charge is 0.344 e. The third-order valence-corrected chi connectivity index (χ3v) is 4.21. The van der Waals surface area contributed by atoms with Gasteiger partial charge in [-0.25, -0.2) is 0 Å². The molecule has 0 bridgehead atoms. The van der Waals surface area contributed by atoms with Gasteiger partial charge < -0.3 is 5.32 Å². The van der Waals surface area contributed by atoms with E-state index in [0.717, 1.165) is 11.1 Å².